The highest BCUT2D eigenvalue weighted by atomic mass is 16.5. The van der Waals surface area contributed by atoms with Crippen molar-refractivity contribution in [3.63, 3.8) is 0 Å². The molecule has 2 amide bonds. The number of fused-ring (bicyclic) bond motifs is 1. The lowest BCUT2D eigenvalue weighted by molar-refractivity contribution is -0.122. The fourth-order valence-electron chi connectivity index (χ4n) is 2.95. The predicted octanol–water partition coefficient (Wildman–Crippen LogP) is 2.01. The molecule has 1 aliphatic heterocycles. The van der Waals surface area contributed by atoms with E-state index in [1.807, 2.05) is 0 Å². The van der Waals surface area contributed by atoms with Gasteiger partial charge in [-0.1, -0.05) is 12.1 Å². The third-order valence-corrected chi connectivity index (χ3v) is 4.14. The van der Waals surface area contributed by atoms with Crippen LogP contribution in [0.1, 0.15) is 23.7 Å². The number of ether oxygens (including phenoxy) is 2. The van der Waals surface area contributed by atoms with Crippen LogP contribution < -0.4 is 15.0 Å². The van der Waals surface area contributed by atoms with Gasteiger partial charge >= 0.3 is 5.97 Å². The Morgan fingerprint density at radius 1 is 1.26 bits per heavy atom. The summed E-state index contributed by atoms with van der Waals surface area (Å²) in [4.78, 5) is 42.5. The first-order chi connectivity index (χ1) is 13.0. The summed E-state index contributed by atoms with van der Waals surface area (Å²) in [7, 11) is 1.39. The molecule has 0 saturated carbocycles. The number of carbonyl (C=O) groups is 3. The maximum Gasteiger partial charge on any atom is 0.344 e. The van der Waals surface area contributed by atoms with Gasteiger partial charge in [-0.05, 0) is 31.2 Å². The van der Waals surface area contributed by atoms with Gasteiger partial charge in [0.05, 0.1) is 18.5 Å². The lowest BCUT2D eigenvalue weighted by atomic mass is 10.1. The van der Waals surface area contributed by atoms with E-state index in [4.69, 9.17) is 9.47 Å². The predicted molar refractivity (Wildman–Crippen MR) is 97.7 cm³/mol. The molecule has 0 fully saturated rings. The number of hydrogen-bond donors (Lipinski definition) is 1. The van der Waals surface area contributed by atoms with E-state index in [0.29, 0.717) is 11.4 Å². The van der Waals surface area contributed by atoms with E-state index in [-0.39, 0.29) is 29.8 Å². The summed E-state index contributed by atoms with van der Waals surface area (Å²) in [6.07, 6.45) is 1.63. The highest BCUT2D eigenvalue weighted by Gasteiger charge is 2.30. The second kappa shape index (κ2) is 7.86. The summed E-state index contributed by atoms with van der Waals surface area (Å²) in [5.74, 6) is -1.19. The normalized spacial score (nSPS) is 16.0. The molecule has 0 aliphatic carbocycles. The largest absolute Gasteiger partial charge is 0.480 e. The summed E-state index contributed by atoms with van der Waals surface area (Å²) in [6.45, 7) is 1.30. The van der Waals surface area contributed by atoms with Gasteiger partial charge in [0.25, 0.3) is 5.91 Å². The van der Waals surface area contributed by atoms with Crippen molar-refractivity contribution in [1.29, 1.82) is 0 Å². The number of benzene rings is 1. The number of nitrogens with one attached hydrogen (secondary N) is 1. The van der Waals surface area contributed by atoms with Crippen molar-refractivity contribution in [1.82, 2.24) is 4.98 Å². The average Bonchev–Trinajstić information content (AvgIpc) is 2.79. The van der Waals surface area contributed by atoms with Gasteiger partial charge in [0.15, 0.2) is 6.61 Å². The summed E-state index contributed by atoms with van der Waals surface area (Å²) in [5, 5.41) is 2.78. The number of anilines is 2. The second-order valence-electron chi connectivity index (χ2n) is 6.02. The minimum atomic E-state index is -0.710. The SMILES string of the molecule is COc1ncccc1C(=O)OCC(=O)N1c2ccccc2NC(=O)CC1C. The van der Waals surface area contributed by atoms with E-state index in [0.717, 1.165) is 0 Å². The van der Waals surface area contributed by atoms with E-state index in [1.54, 1.807) is 37.3 Å². The number of carbonyl (C=O) groups excluding carboxylic acids is 3. The van der Waals surface area contributed by atoms with Gasteiger partial charge in [0, 0.05) is 18.7 Å². The van der Waals surface area contributed by atoms with Crippen LogP contribution in [0.15, 0.2) is 42.6 Å². The number of nitrogens with zero attached hydrogens (tertiary/aromatic N) is 2. The molecule has 8 heteroatoms. The number of amides is 2. The molecule has 8 nitrogen and oxygen atoms in total. The van der Waals surface area contributed by atoms with Crippen LogP contribution in [0, 0.1) is 0 Å². The van der Waals surface area contributed by atoms with Crippen LogP contribution in [0.2, 0.25) is 0 Å². The first-order valence-corrected chi connectivity index (χ1v) is 8.38. The Kier molecular flexibility index (Phi) is 5.35. The van der Waals surface area contributed by atoms with Gasteiger partial charge in [0.1, 0.15) is 5.56 Å². The third kappa shape index (κ3) is 3.89. The van der Waals surface area contributed by atoms with E-state index in [2.05, 4.69) is 10.3 Å². The third-order valence-electron chi connectivity index (χ3n) is 4.14. The summed E-state index contributed by atoms with van der Waals surface area (Å²) in [5.41, 5.74) is 1.24. The summed E-state index contributed by atoms with van der Waals surface area (Å²) < 4.78 is 10.2. The molecule has 0 bridgehead atoms. The summed E-state index contributed by atoms with van der Waals surface area (Å²) >= 11 is 0. The smallest absolute Gasteiger partial charge is 0.344 e. The maximum atomic E-state index is 12.8. The van der Waals surface area contributed by atoms with Crippen molar-refractivity contribution in [2.24, 2.45) is 0 Å². The molecule has 1 aromatic carbocycles. The topological polar surface area (TPSA) is 97.8 Å². The fourth-order valence-corrected chi connectivity index (χ4v) is 2.95. The van der Waals surface area contributed by atoms with E-state index >= 15 is 0 Å². The molecular formula is C19H19N3O5. The van der Waals surface area contributed by atoms with Gasteiger partial charge in [-0.3, -0.25) is 9.59 Å². The number of para-hydroxylation sites is 2. The molecule has 2 heterocycles. The Hall–Kier alpha value is -3.42. The Labute approximate surface area is 156 Å². The van der Waals surface area contributed by atoms with Crippen molar-refractivity contribution in [2.75, 3.05) is 23.9 Å². The first kappa shape index (κ1) is 18.4. The van der Waals surface area contributed by atoms with Crippen LogP contribution in [0.3, 0.4) is 0 Å². The Morgan fingerprint density at radius 2 is 2.04 bits per heavy atom. The highest BCUT2D eigenvalue weighted by molar-refractivity contribution is 6.05. The molecular weight excluding hydrogens is 350 g/mol. The number of rotatable bonds is 4. The Balaban J connectivity index is 1.77. The van der Waals surface area contributed by atoms with Gasteiger partial charge in [0.2, 0.25) is 11.8 Å². The van der Waals surface area contributed by atoms with Crippen molar-refractivity contribution < 1.29 is 23.9 Å². The first-order valence-electron chi connectivity index (χ1n) is 8.38. The minimum absolute atomic E-state index is 0.123. The van der Waals surface area contributed by atoms with Crippen LogP contribution in [0.5, 0.6) is 5.88 Å². The number of aromatic nitrogens is 1. The average molecular weight is 369 g/mol. The van der Waals surface area contributed by atoms with Gasteiger partial charge < -0.3 is 19.7 Å². The highest BCUT2D eigenvalue weighted by Crippen LogP contribution is 2.31. The lowest BCUT2D eigenvalue weighted by Gasteiger charge is -2.27. The van der Waals surface area contributed by atoms with Crippen molar-refractivity contribution >= 4 is 29.2 Å². The molecule has 140 valence electrons. The van der Waals surface area contributed by atoms with Gasteiger partial charge in [-0.25, -0.2) is 9.78 Å². The van der Waals surface area contributed by atoms with E-state index in [1.165, 1.54) is 24.3 Å². The molecule has 1 aromatic heterocycles. The quantitative estimate of drug-likeness (QED) is 0.828. The Bertz CT molecular complexity index is 883. The standard InChI is InChI=1S/C19H19N3O5/c1-12-10-16(23)21-14-7-3-4-8-15(14)22(12)17(24)11-27-19(25)13-6-5-9-20-18(13)26-2/h3-9,12H,10-11H2,1-2H3,(H,21,23). The van der Waals surface area contributed by atoms with Crippen molar-refractivity contribution in [2.45, 2.75) is 19.4 Å². The molecule has 0 radical (unpaired) electrons. The van der Waals surface area contributed by atoms with Crippen molar-refractivity contribution in [3.8, 4) is 5.88 Å². The van der Waals surface area contributed by atoms with Crippen LogP contribution >= 0.6 is 0 Å². The van der Waals surface area contributed by atoms with E-state index < -0.39 is 18.5 Å². The zero-order valence-corrected chi connectivity index (χ0v) is 15.0. The van der Waals surface area contributed by atoms with Crippen LogP contribution in [-0.4, -0.2) is 42.5 Å². The molecule has 1 aliphatic rings. The molecule has 27 heavy (non-hydrogen) atoms. The van der Waals surface area contributed by atoms with Gasteiger partial charge in [-0.2, -0.15) is 0 Å². The van der Waals surface area contributed by atoms with Crippen LogP contribution in [0.4, 0.5) is 11.4 Å². The molecule has 1 atom stereocenters. The molecule has 1 N–H and O–H groups in total. The maximum absolute atomic E-state index is 12.8. The number of methoxy groups -OCH3 is 1. The monoisotopic (exact) mass is 369 g/mol. The van der Waals surface area contributed by atoms with Crippen LogP contribution in [0.25, 0.3) is 0 Å². The van der Waals surface area contributed by atoms with Crippen molar-refractivity contribution in [3.05, 3.63) is 48.2 Å². The molecule has 0 spiro atoms. The van der Waals surface area contributed by atoms with E-state index in [9.17, 15) is 14.4 Å². The molecule has 1 unspecified atom stereocenters. The number of esters is 1. The fraction of sp³-hybridized carbons (Fsp3) is 0.263. The van der Waals surface area contributed by atoms with Crippen LogP contribution in [-0.2, 0) is 14.3 Å². The molecule has 0 saturated heterocycles. The zero-order valence-electron chi connectivity index (χ0n) is 15.0. The number of hydrogen-bond acceptors (Lipinski definition) is 6. The zero-order chi connectivity index (χ0) is 19.4. The van der Waals surface area contributed by atoms with Gasteiger partial charge in [-0.15, -0.1) is 0 Å². The number of pyridine rings is 1. The minimum Gasteiger partial charge on any atom is -0.480 e. The second-order valence-corrected chi connectivity index (χ2v) is 6.02. The molecule has 3 rings (SSSR count). The summed E-state index contributed by atoms with van der Waals surface area (Å²) in [6, 6.07) is 9.70. The lowest BCUT2D eigenvalue weighted by Crippen LogP contribution is -2.41. The Morgan fingerprint density at radius 3 is 2.81 bits per heavy atom. The molecule has 2 aromatic rings.